The van der Waals surface area contributed by atoms with E-state index >= 15 is 0 Å². The van der Waals surface area contributed by atoms with Crippen LogP contribution in [0.5, 0.6) is 0 Å². The lowest BCUT2D eigenvalue weighted by Gasteiger charge is -2.48. The minimum Gasteiger partial charge on any atom is -0.273 e. The quantitative estimate of drug-likeness (QED) is 0.336. The van der Waals surface area contributed by atoms with Crippen molar-refractivity contribution >= 4 is 17.8 Å². The van der Waals surface area contributed by atoms with Crippen molar-refractivity contribution in [3.05, 3.63) is 0 Å². The summed E-state index contributed by atoms with van der Waals surface area (Å²) in [6, 6.07) is -0.729. The van der Waals surface area contributed by atoms with E-state index in [9.17, 15) is 24.9 Å². The minimum atomic E-state index is -1.72. The summed E-state index contributed by atoms with van der Waals surface area (Å²) in [5.74, 6) is -1.38. The molecule has 1 aliphatic heterocycles. The lowest BCUT2D eigenvalue weighted by molar-refractivity contribution is -0.342. The summed E-state index contributed by atoms with van der Waals surface area (Å²) < 4.78 is 0. The number of imide groups is 2. The van der Waals surface area contributed by atoms with Gasteiger partial charge in [-0.2, -0.15) is 0 Å². The minimum absolute atomic E-state index is 0.145. The summed E-state index contributed by atoms with van der Waals surface area (Å²) in [5.41, 5.74) is -4.03. The van der Waals surface area contributed by atoms with Crippen LogP contribution >= 0.6 is 0 Å². The van der Waals surface area contributed by atoms with Gasteiger partial charge in [-0.15, -0.1) is 0 Å². The average Bonchev–Trinajstić information content (AvgIpc) is 2.71. The molecule has 0 atom stereocenters. The molecular formula is C18H32N2O7. The maximum atomic E-state index is 13.2. The first-order chi connectivity index (χ1) is 12.6. The number of hydrogen-bond donors (Lipinski definition) is 2. The van der Waals surface area contributed by atoms with E-state index in [0.29, 0.717) is 25.7 Å². The number of nitrogens with zero attached hydrogens (tertiary/aromatic N) is 2. The molecule has 0 aliphatic carbocycles. The van der Waals surface area contributed by atoms with Crippen molar-refractivity contribution in [2.75, 3.05) is 14.1 Å². The van der Waals surface area contributed by atoms with Gasteiger partial charge in [0.2, 0.25) is 11.8 Å². The van der Waals surface area contributed by atoms with E-state index in [2.05, 4.69) is 0 Å². The third kappa shape index (κ3) is 3.87. The number of rotatable bonds is 10. The predicted molar refractivity (Wildman–Crippen MR) is 96.7 cm³/mol. The molecule has 0 aromatic carbocycles. The molecule has 1 saturated heterocycles. The van der Waals surface area contributed by atoms with E-state index < -0.39 is 34.5 Å². The fourth-order valence-electron chi connectivity index (χ4n) is 3.92. The van der Waals surface area contributed by atoms with Gasteiger partial charge in [-0.05, 0) is 25.7 Å². The summed E-state index contributed by atoms with van der Waals surface area (Å²) in [7, 11) is 2.61. The zero-order valence-corrected chi connectivity index (χ0v) is 17.1. The van der Waals surface area contributed by atoms with Crippen molar-refractivity contribution in [1.82, 2.24) is 9.80 Å². The second kappa shape index (κ2) is 8.64. The maximum Gasteiger partial charge on any atom is 0.332 e. The fraction of sp³-hybridized carbons (Fsp3) is 0.833. The van der Waals surface area contributed by atoms with Gasteiger partial charge in [-0.3, -0.25) is 29.9 Å². The van der Waals surface area contributed by atoms with Gasteiger partial charge in [0.25, 0.3) is 0 Å². The van der Waals surface area contributed by atoms with Gasteiger partial charge in [0.1, 0.15) is 16.6 Å². The van der Waals surface area contributed by atoms with Crippen molar-refractivity contribution in [2.45, 2.75) is 77.4 Å². The molecule has 1 rings (SSSR count). The zero-order chi connectivity index (χ0) is 21.0. The van der Waals surface area contributed by atoms with E-state index in [1.165, 1.54) is 14.1 Å². The van der Waals surface area contributed by atoms with E-state index in [1.807, 2.05) is 0 Å². The number of amides is 4. The third-order valence-corrected chi connectivity index (χ3v) is 6.21. The van der Waals surface area contributed by atoms with Crippen LogP contribution in [0.3, 0.4) is 0 Å². The highest BCUT2D eigenvalue weighted by Gasteiger charge is 2.61. The summed E-state index contributed by atoms with van der Waals surface area (Å²) in [6.07, 6.45) is 1.08. The summed E-state index contributed by atoms with van der Waals surface area (Å²) in [4.78, 5) is 50.0. The highest BCUT2D eigenvalue weighted by atomic mass is 17.1. The van der Waals surface area contributed by atoms with Gasteiger partial charge in [0.15, 0.2) is 0 Å². The van der Waals surface area contributed by atoms with E-state index in [0.717, 1.165) is 9.80 Å². The van der Waals surface area contributed by atoms with Crippen LogP contribution in [0, 0.1) is 5.41 Å². The number of hydrogen-bond acceptors (Lipinski definition) is 7. The molecule has 2 N–H and O–H groups in total. The smallest absolute Gasteiger partial charge is 0.273 e. The first kappa shape index (κ1) is 23.5. The van der Waals surface area contributed by atoms with Crippen LogP contribution in [-0.4, -0.2) is 63.5 Å². The molecular weight excluding hydrogens is 356 g/mol. The maximum absolute atomic E-state index is 13.2. The van der Waals surface area contributed by atoms with E-state index in [4.69, 9.17) is 9.78 Å². The molecule has 27 heavy (non-hydrogen) atoms. The van der Waals surface area contributed by atoms with Gasteiger partial charge in [-0.1, -0.05) is 27.7 Å². The zero-order valence-electron chi connectivity index (χ0n) is 17.1. The number of carbonyl (C=O) groups is 3. The Balaban J connectivity index is 3.63. The molecule has 0 spiro atoms. The first-order valence-corrected chi connectivity index (χ1v) is 9.33. The molecule has 9 nitrogen and oxygen atoms in total. The number of carbonyl (C=O) groups excluding carboxylic acids is 3. The lowest BCUT2D eigenvalue weighted by atomic mass is 9.65. The average molecular weight is 388 g/mol. The molecule has 1 heterocycles. The van der Waals surface area contributed by atoms with Crippen molar-refractivity contribution in [3.8, 4) is 0 Å². The van der Waals surface area contributed by atoms with Crippen LogP contribution in [0.4, 0.5) is 4.79 Å². The van der Waals surface area contributed by atoms with Crippen molar-refractivity contribution < 1.29 is 34.7 Å². The molecule has 0 bridgehead atoms. The lowest BCUT2D eigenvalue weighted by Crippen LogP contribution is -2.66. The molecule has 0 saturated carbocycles. The second-order valence-electron chi connectivity index (χ2n) is 7.41. The van der Waals surface area contributed by atoms with E-state index in [-0.39, 0.29) is 12.8 Å². The summed E-state index contributed by atoms with van der Waals surface area (Å²) in [5, 5.41) is 19.1. The molecule has 0 radical (unpaired) electrons. The van der Waals surface area contributed by atoms with Crippen molar-refractivity contribution in [1.29, 1.82) is 0 Å². The SMILES string of the molecule is CCC(CC)(CC1(CC(CC)(CC)OO)C(=O)N(C)C(=O)N(C)C1=O)OO. The Kier molecular flexibility index (Phi) is 7.52. The molecule has 0 unspecified atom stereocenters. The van der Waals surface area contributed by atoms with Gasteiger partial charge in [0.05, 0.1) is 0 Å². The Bertz CT molecular complexity index is 506. The Labute approximate surface area is 160 Å². The molecule has 1 aliphatic rings. The van der Waals surface area contributed by atoms with E-state index in [1.54, 1.807) is 27.7 Å². The summed E-state index contributed by atoms with van der Waals surface area (Å²) >= 11 is 0. The van der Waals surface area contributed by atoms with Gasteiger partial charge in [0, 0.05) is 26.9 Å². The van der Waals surface area contributed by atoms with Crippen LogP contribution in [0.15, 0.2) is 0 Å². The largest absolute Gasteiger partial charge is 0.332 e. The van der Waals surface area contributed by atoms with Crippen molar-refractivity contribution in [3.63, 3.8) is 0 Å². The van der Waals surface area contributed by atoms with Crippen LogP contribution in [0.25, 0.3) is 0 Å². The number of urea groups is 1. The van der Waals surface area contributed by atoms with Crippen LogP contribution in [0.1, 0.15) is 66.2 Å². The molecule has 4 amide bonds. The van der Waals surface area contributed by atoms with Crippen LogP contribution in [0.2, 0.25) is 0 Å². The Morgan fingerprint density at radius 2 is 1.07 bits per heavy atom. The second-order valence-corrected chi connectivity index (χ2v) is 7.41. The Morgan fingerprint density at radius 3 is 1.30 bits per heavy atom. The van der Waals surface area contributed by atoms with Gasteiger partial charge < -0.3 is 0 Å². The first-order valence-electron chi connectivity index (χ1n) is 9.33. The van der Waals surface area contributed by atoms with Crippen LogP contribution < -0.4 is 0 Å². The predicted octanol–water partition coefficient (Wildman–Crippen LogP) is 2.90. The van der Waals surface area contributed by atoms with Crippen LogP contribution in [-0.2, 0) is 19.4 Å². The summed E-state index contributed by atoms with van der Waals surface area (Å²) in [6.45, 7) is 7.11. The highest BCUT2D eigenvalue weighted by Crippen LogP contribution is 2.47. The monoisotopic (exact) mass is 388 g/mol. The topological polar surface area (TPSA) is 117 Å². The molecule has 0 aromatic rings. The number of barbiturate groups is 1. The standard InChI is InChI=1S/C18H32N2O7/c1-7-16(8-2,26-24)11-18(12-17(9-3,10-4)27-25)13(21)19(5)15(23)20(6)14(18)22/h24-25H,7-12H2,1-6H3. The van der Waals surface area contributed by atoms with Gasteiger partial charge in [-0.25, -0.2) is 14.6 Å². The molecule has 1 fully saturated rings. The Hall–Kier alpha value is -1.55. The molecule has 9 heteroatoms. The third-order valence-electron chi connectivity index (χ3n) is 6.21. The highest BCUT2D eigenvalue weighted by molar-refractivity contribution is 6.18. The van der Waals surface area contributed by atoms with Gasteiger partial charge >= 0.3 is 6.03 Å². The fourth-order valence-corrected chi connectivity index (χ4v) is 3.92. The molecule has 156 valence electrons. The normalized spacial score (nSPS) is 18.4. The molecule has 0 aromatic heterocycles. The van der Waals surface area contributed by atoms with Crippen molar-refractivity contribution in [2.24, 2.45) is 5.41 Å². The Morgan fingerprint density at radius 1 is 0.778 bits per heavy atom.